The average Bonchev–Trinajstić information content (AvgIpc) is 3.03. The van der Waals surface area contributed by atoms with Crippen LogP contribution in [-0.2, 0) is 9.53 Å². The molecule has 0 heterocycles. The molecule has 0 unspecified atom stereocenters. The van der Waals surface area contributed by atoms with E-state index in [1.54, 1.807) is 0 Å². The van der Waals surface area contributed by atoms with Crippen molar-refractivity contribution in [3.05, 3.63) is 33.4 Å². The molecule has 4 fully saturated rings. The number of esters is 1. The Balaban J connectivity index is 1.28. The fraction of sp³-hybridized carbons (Fsp3) is 0.692. The fourth-order valence-electron chi connectivity index (χ4n) is 7.93. The summed E-state index contributed by atoms with van der Waals surface area (Å²) >= 11 is 2.24. The highest BCUT2D eigenvalue weighted by molar-refractivity contribution is 14.1. The molecule has 3 nitrogen and oxygen atoms in total. The van der Waals surface area contributed by atoms with Crippen LogP contribution in [-0.4, -0.2) is 17.9 Å². The molecule has 0 aliphatic heterocycles. The summed E-state index contributed by atoms with van der Waals surface area (Å²) in [5.41, 5.74) is 0.974. The van der Waals surface area contributed by atoms with Crippen molar-refractivity contribution in [1.29, 1.82) is 0 Å². The van der Waals surface area contributed by atoms with Crippen LogP contribution in [0.5, 0.6) is 0 Å². The molecule has 0 bridgehead atoms. The van der Waals surface area contributed by atoms with Gasteiger partial charge in [0.2, 0.25) is 0 Å². The summed E-state index contributed by atoms with van der Waals surface area (Å²) in [5.74, 6) is 3.08. The van der Waals surface area contributed by atoms with Crippen molar-refractivity contribution < 1.29 is 14.3 Å². The van der Waals surface area contributed by atoms with Crippen molar-refractivity contribution in [2.75, 3.05) is 0 Å². The molecule has 30 heavy (non-hydrogen) atoms. The zero-order valence-electron chi connectivity index (χ0n) is 18.2. The smallest absolute Gasteiger partial charge is 0.338 e. The third-order valence-electron chi connectivity index (χ3n) is 9.66. The van der Waals surface area contributed by atoms with Gasteiger partial charge in [-0.15, -0.1) is 0 Å². The number of Topliss-reactive ketones (excluding diaryl/α,β-unsaturated/α-hetero) is 1. The lowest BCUT2D eigenvalue weighted by molar-refractivity contribution is -0.142. The summed E-state index contributed by atoms with van der Waals surface area (Å²) < 4.78 is 7.04. The van der Waals surface area contributed by atoms with E-state index in [1.807, 2.05) is 24.3 Å². The van der Waals surface area contributed by atoms with Crippen LogP contribution >= 0.6 is 22.6 Å². The molecule has 1 aromatic carbocycles. The first-order chi connectivity index (χ1) is 14.3. The molecule has 7 atom stereocenters. The third kappa shape index (κ3) is 3.27. The van der Waals surface area contributed by atoms with Crippen molar-refractivity contribution >= 4 is 34.3 Å². The molecule has 0 saturated heterocycles. The highest BCUT2D eigenvalue weighted by atomic mass is 127. The Morgan fingerprint density at radius 1 is 1.07 bits per heavy atom. The predicted molar refractivity (Wildman–Crippen MR) is 125 cm³/mol. The third-order valence-corrected chi connectivity index (χ3v) is 10.3. The molecule has 4 saturated carbocycles. The lowest BCUT2D eigenvalue weighted by Crippen LogP contribution is -2.54. The van der Waals surface area contributed by atoms with E-state index in [1.165, 1.54) is 19.3 Å². The van der Waals surface area contributed by atoms with Crippen LogP contribution in [0.3, 0.4) is 0 Å². The van der Waals surface area contributed by atoms with Crippen molar-refractivity contribution in [1.82, 2.24) is 0 Å². The van der Waals surface area contributed by atoms with Gasteiger partial charge in [0.1, 0.15) is 11.9 Å². The minimum atomic E-state index is -0.172. The molecule has 4 heteroatoms. The highest BCUT2D eigenvalue weighted by Gasteiger charge is 2.60. The Morgan fingerprint density at radius 3 is 2.70 bits per heavy atom. The number of ketones is 1. The number of benzene rings is 1. The summed E-state index contributed by atoms with van der Waals surface area (Å²) in [7, 11) is 0. The van der Waals surface area contributed by atoms with Crippen molar-refractivity contribution in [2.24, 2.45) is 34.5 Å². The van der Waals surface area contributed by atoms with Crippen LogP contribution in [0.15, 0.2) is 24.3 Å². The highest BCUT2D eigenvalue weighted by Crippen LogP contribution is 2.65. The molecule has 0 radical (unpaired) electrons. The summed E-state index contributed by atoms with van der Waals surface area (Å²) in [5, 5.41) is 0. The van der Waals surface area contributed by atoms with Gasteiger partial charge in [-0.1, -0.05) is 19.9 Å². The Labute approximate surface area is 193 Å². The molecule has 4 aliphatic rings. The number of fused-ring (bicyclic) bond motifs is 5. The van der Waals surface area contributed by atoms with Crippen molar-refractivity contribution in [2.45, 2.75) is 77.7 Å². The Bertz CT molecular complexity index is 866. The second-order valence-electron chi connectivity index (χ2n) is 10.9. The lowest BCUT2D eigenvalue weighted by Gasteiger charge is -2.60. The number of hydrogen-bond donors (Lipinski definition) is 0. The monoisotopic (exact) mass is 520 g/mol. The average molecular weight is 520 g/mol. The zero-order chi connectivity index (χ0) is 21.1. The van der Waals surface area contributed by atoms with Gasteiger partial charge >= 0.3 is 5.97 Å². The van der Waals surface area contributed by atoms with Gasteiger partial charge < -0.3 is 4.74 Å². The van der Waals surface area contributed by atoms with E-state index in [0.717, 1.165) is 53.9 Å². The van der Waals surface area contributed by atoms with E-state index in [4.69, 9.17) is 4.74 Å². The van der Waals surface area contributed by atoms with Crippen LogP contribution in [0, 0.1) is 38.1 Å². The molecular formula is C26H33IO3. The maximum Gasteiger partial charge on any atom is 0.338 e. The minimum absolute atomic E-state index is 0.0374. The quantitative estimate of drug-likeness (QED) is 0.334. The van der Waals surface area contributed by atoms with Gasteiger partial charge in [0.05, 0.1) is 5.56 Å². The minimum Gasteiger partial charge on any atom is -0.459 e. The van der Waals surface area contributed by atoms with Crippen LogP contribution < -0.4 is 0 Å². The predicted octanol–water partition coefficient (Wildman–Crippen LogP) is 6.43. The van der Waals surface area contributed by atoms with Crippen LogP contribution in [0.1, 0.15) is 82.0 Å². The van der Waals surface area contributed by atoms with E-state index >= 15 is 0 Å². The van der Waals surface area contributed by atoms with Gasteiger partial charge in [-0.05, 0) is 121 Å². The summed E-state index contributed by atoms with van der Waals surface area (Å²) in [4.78, 5) is 25.3. The van der Waals surface area contributed by atoms with Crippen molar-refractivity contribution in [3.8, 4) is 0 Å². The largest absolute Gasteiger partial charge is 0.459 e. The second-order valence-corrected chi connectivity index (χ2v) is 12.1. The molecule has 5 rings (SSSR count). The fourth-order valence-corrected chi connectivity index (χ4v) is 8.47. The Hall–Kier alpha value is -0.910. The second kappa shape index (κ2) is 7.60. The molecule has 0 aromatic heterocycles. The van der Waals surface area contributed by atoms with E-state index in [-0.39, 0.29) is 17.5 Å². The molecule has 1 aromatic rings. The number of halogens is 1. The number of carbonyl (C=O) groups is 2. The molecule has 0 spiro atoms. The number of hydrogen-bond acceptors (Lipinski definition) is 3. The maximum atomic E-state index is 12.7. The lowest BCUT2D eigenvalue weighted by atomic mass is 9.45. The number of ether oxygens (including phenoxy) is 1. The molecular weight excluding hydrogens is 487 g/mol. The van der Waals surface area contributed by atoms with Gasteiger partial charge in [-0.3, -0.25) is 4.79 Å². The first-order valence-electron chi connectivity index (χ1n) is 11.8. The Kier molecular flexibility index (Phi) is 5.31. The standard InChI is InChI=1S/C26H33IO3/c1-25-12-10-19(30-24(29)16-4-3-5-18(27)14-16)15-17(25)6-7-20-21-8-9-23(28)26(21,2)13-11-22(20)25/h3-5,14,17,19-22H,6-13,15H2,1-2H3/t17-,19+,20-,21+,22+,25-,26+/m0/s1. The van der Waals surface area contributed by atoms with Gasteiger partial charge in [0, 0.05) is 15.4 Å². The van der Waals surface area contributed by atoms with E-state index in [9.17, 15) is 9.59 Å². The first kappa shape index (κ1) is 21.0. The Morgan fingerprint density at radius 2 is 1.90 bits per heavy atom. The summed E-state index contributed by atoms with van der Waals surface area (Å²) in [6.07, 6.45) is 9.91. The van der Waals surface area contributed by atoms with Crippen LogP contribution in [0.25, 0.3) is 0 Å². The first-order valence-corrected chi connectivity index (χ1v) is 12.9. The topological polar surface area (TPSA) is 43.4 Å². The zero-order valence-corrected chi connectivity index (χ0v) is 20.3. The van der Waals surface area contributed by atoms with Crippen LogP contribution in [0.2, 0.25) is 0 Å². The molecule has 4 aliphatic carbocycles. The molecule has 0 N–H and O–H groups in total. The van der Waals surface area contributed by atoms with Gasteiger partial charge in [0.25, 0.3) is 0 Å². The molecule has 162 valence electrons. The molecule has 0 amide bonds. The maximum absolute atomic E-state index is 12.7. The van der Waals surface area contributed by atoms with E-state index in [0.29, 0.717) is 28.6 Å². The SMILES string of the molecule is C[C@]12CC[C@@H](OC(=O)c3cccc(I)c3)C[C@@H]1CC[C@@H]1[C@H]2CC[C@@]2(C)C(=O)CC[C@H]12. The summed E-state index contributed by atoms with van der Waals surface area (Å²) in [6, 6.07) is 7.67. The van der Waals surface area contributed by atoms with Crippen LogP contribution in [0.4, 0.5) is 0 Å². The summed E-state index contributed by atoms with van der Waals surface area (Å²) in [6.45, 7) is 4.78. The van der Waals surface area contributed by atoms with Gasteiger partial charge in [0.15, 0.2) is 0 Å². The normalized spacial score (nSPS) is 42.8. The number of rotatable bonds is 2. The number of carbonyl (C=O) groups excluding carboxylic acids is 2. The van der Waals surface area contributed by atoms with E-state index < -0.39 is 0 Å². The van der Waals surface area contributed by atoms with Gasteiger partial charge in [-0.25, -0.2) is 4.79 Å². The van der Waals surface area contributed by atoms with Crippen molar-refractivity contribution in [3.63, 3.8) is 0 Å². The van der Waals surface area contributed by atoms with E-state index in [2.05, 4.69) is 36.4 Å². The van der Waals surface area contributed by atoms with Gasteiger partial charge in [-0.2, -0.15) is 0 Å².